The number of allylic oxidation sites excluding steroid dienone is 2. The maximum Gasteiger partial charge on any atom is 0.0175 e. The van der Waals surface area contributed by atoms with Crippen LogP contribution in [0.5, 0.6) is 0 Å². The van der Waals surface area contributed by atoms with Crippen LogP contribution in [0.25, 0.3) is 0 Å². The number of hydrogen-bond donors (Lipinski definition) is 0. The van der Waals surface area contributed by atoms with Crippen molar-refractivity contribution in [2.75, 3.05) is 0 Å². The predicted octanol–water partition coefficient (Wildman–Crippen LogP) is 4.03. The fraction of sp³-hybridized carbons (Fsp3) is 0.200. The van der Waals surface area contributed by atoms with Gasteiger partial charge < -0.3 is 0 Å². The van der Waals surface area contributed by atoms with E-state index in [1.807, 2.05) is 56.3 Å². The molecule has 0 amide bonds. The number of benzene rings is 1. The maximum atomic E-state index is 3.31. The third kappa shape index (κ3) is 7.34. The first-order valence-corrected chi connectivity index (χ1v) is 4.38. The molecule has 0 heterocycles. The van der Waals surface area contributed by atoms with E-state index >= 15 is 0 Å². The summed E-state index contributed by atoms with van der Waals surface area (Å²) in [5.74, 6) is 0. The first kappa shape index (κ1) is 10.4. The Morgan fingerprint density at radius 1 is 1.00 bits per heavy atom. The normalized spacial score (nSPS) is 9.00. The van der Waals surface area contributed by atoms with Crippen molar-refractivity contribution in [1.82, 2.24) is 0 Å². The lowest BCUT2D eigenvalue weighted by molar-refractivity contribution is 1.64. The fourth-order valence-electron chi connectivity index (χ4n) is 0.415. The minimum absolute atomic E-state index is 1.13. The topological polar surface area (TPSA) is 0 Å². The van der Waals surface area contributed by atoms with Crippen molar-refractivity contribution in [3.63, 3.8) is 0 Å². The van der Waals surface area contributed by atoms with Crippen LogP contribution in [0.1, 0.15) is 13.8 Å². The van der Waals surface area contributed by atoms with Crippen LogP contribution in [-0.2, 0) is 0 Å². The van der Waals surface area contributed by atoms with Gasteiger partial charge in [0.15, 0.2) is 0 Å². The molecule has 0 nitrogen and oxygen atoms in total. The van der Waals surface area contributed by atoms with Gasteiger partial charge in [-0.2, -0.15) is 0 Å². The SMILES string of the molecule is Brc1ccccc1.C/C=C/C. The molecule has 1 heteroatoms. The van der Waals surface area contributed by atoms with Crippen LogP contribution in [0.2, 0.25) is 0 Å². The average molecular weight is 213 g/mol. The van der Waals surface area contributed by atoms with Crippen LogP contribution >= 0.6 is 15.9 Å². The Labute approximate surface area is 77.1 Å². The largest absolute Gasteiger partial charge is 0.0919 e. The molecule has 0 aliphatic carbocycles. The lowest BCUT2D eigenvalue weighted by Crippen LogP contribution is -1.55. The van der Waals surface area contributed by atoms with Crippen molar-refractivity contribution >= 4 is 15.9 Å². The lowest BCUT2D eigenvalue weighted by atomic mass is 10.4. The van der Waals surface area contributed by atoms with Gasteiger partial charge in [-0.25, -0.2) is 0 Å². The van der Waals surface area contributed by atoms with Gasteiger partial charge in [0.05, 0.1) is 0 Å². The second-order valence-corrected chi connectivity index (χ2v) is 2.88. The minimum atomic E-state index is 1.13. The molecule has 0 atom stereocenters. The van der Waals surface area contributed by atoms with Crippen LogP contribution in [0, 0.1) is 0 Å². The molecule has 0 fully saturated rings. The van der Waals surface area contributed by atoms with E-state index in [-0.39, 0.29) is 0 Å². The van der Waals surface area contributed by atoms with E-state index in [0.29, 0.717) is 0 Å². The summed E-state index contributed by atoms with van der Waals surface area (Å²) >= 11 is 3.31. The molecule has 0 spiro atoms. The van der Waals surface area contributed by atoms with E-state index < -0.39 is 0 Å². The molecule has 1 aromatic carbocycles. The third-order valence-corrected chi connectivity index (χ3v) is 1.60. The molecule has 0 aromatic heterocycles. The Balaban J connectivity index is 0.000000218. The highest BCUT2D eigenvalue weighted by atomic mass is 79.9. The van der Waals surface area contributed by atoms with Crippen molar-refractivity contribution in [2.45, 2.75) is 13.8 Å². The van der Waals surface area contributed by atoms with Crippen molar-refractivity contribution in [1.29, 1.82) is 0 Å². The van der Waals surface area contributed by atoms with E-state index in [0.717, 1.165) is 4.47 Å². The van der Waals surface area contributed by atoms with E-state index in [2.05, 4.69) is 15.9 Å². The quantitative estimate of drug-likeness (QED) is 0.570. The van der Waals surface area contributed by atoms with Gasteiger partial charge in [-0.3, -0.25) is 0 Å². The molecule has 0 unspecified atom stereocenters. The van der Waals surface area contributed by atoms with E-state index in [9.17, 15) is 0 Å². The molecular formula is C10H13Br. The standard InChI is InChI=1S/C6H5Br.C4H8/c7-6-4-2-1-3-5-6;1-3-4-2/h1-5H;3-4H,1-2H3/b;4-3+. The van der Waals surface area contributed by atoms with Gasteiger partial charge in [-0.05, 0) is 26.0 Å². The molecule has 1 aromatic rings. The molecule has 0 saturated carbocycles. The van der Waals surface area contributed by atoms with Gasteiger partial charge in [-0.15, -0.1) is 0 Å². The Kier molecular flexibility index (Phi) is 7.16. The van der Waals surface area contributed by atoms with Gasteiger partial charge in [0.2, 0.25) is 0 Å². The summed E-state index contributed by atoms with van der Waals surface area (Å²) in [5, 5.41) is 0. The zero-order valence-electron chi connectivity index (χ0n) is 6.92. The summed E-state index contributed by atoms with van der Waals surface area (Å²) in [7, 11) is 0. The Bertz CT molecular complexity index is 185. The molecule has 0 N–H and O–H groups in total. The van der Waals surface area contributed by atoms with Crippen LogP contribution in [-0.4, -0.2) is 0 Å². The van der Waals surface area contributed by atoms with Crippen LogP contribution in [0.3, 0.4) is 0 Å². The second-order valence-electron chi connectivity index (χ2n) is 1.96. The zero-order chi connectivity index (χ0) is 8.53. The summed E-state index contributed by atoms with van der Waals surface area (Å²) in [6.07, 6.45) is 4.00. The molecular weight excluding hydrogens is 200 g/mol. The highest BCUT2D eigenvalue weighted by Crippen LogP contribution is 2.05. The molecule has 0 aliphatic rings. The highest BCUT2D eigenvalue weighted by molar-refractivity contribution is 9.10. The van der Waals surface area contributed by atoms with Crippen molar-refractivity contribution in [3.05, 3.63) is 47.0 Å². The van der Waals surface area contributed by atoms with Crippen LogP contribution < -0.4 is 0 Å². The summed E-state index contributed by atoms with van der Waals surface area (Å²) in [5.41, 5.74) is 0. The molecule has 0 bridgehead atoms. The summed E-state index contributed by atoms with van der Waals surface area (Å²) in [4.78, 5) is 0. The maximum absolute atomic E-state index is 3.31. The van der Waals surface area contributed by atoms with Crippen molar-refractivity contribution < 1.29 is 0 Å². The van der Waals surface area contributed by atoms with Crippen molar-refractivity contribution in [3.8, 4) is 0 Å². The van der Waals surface area contributed by atoms with Gasteiger partial charge in [-0.1, -0.05) is 46.3 Å². The zero-order valence-corrected chi connectivity index (χ0v) is 8.51. The average Bonchev–Trinajstić information content (AvgIpc) is 2.07. The van der Waals surface area contributed by atoms with Crippen LogP contribution in [0.15, 0.2) is 47.0 Å². The van der Waals surface area contributed by atoms with E-state index in [1.165, 1.54) is 0 Å². The van der Waals surface area contributed by atoms with Gasteiger partial charge in [0, 0.05) is 4.47 Å². The molecule has 1 rings (SSSR count). The smallest absolute Gasteiger partial charge is 0.0175 e. The monoisotopic (exact) mass is 212 g/mol. The number of hydrogen-bond acceptors (Lipinski definition) is 0. The number of halogens is 1. The Morgan fingerprint density at radius 3 is 1.64 bits per heavy atom. The first-order chi connectivity index (χ1) is 5.31. The molecule has 60 valence electrons. The minimum Gasteiger partial charge on any atom is -0.0919 e. The first-order valence-electron chi connectivity index (χ1n) is 3.59. The summed E-state index contributed by atoms with van der Waals surface area (Å²) in [6, 6.07) is 9.97. The van der Waals surface area contributed by atoms with Crippen LogP contribution in [0.4, 0.5) is 0 Å². The summed E-state index contributed by atoms with van der Waals surface area (Å²) < 4.78 is 1.13. The van der Waals surface area contributed by atoms with Gasteiger partial charge in [0.25, 0.3) is 0 Å². The summed E-state index contributed by atoms with van der Waals surface area (Å²) in [6.45, 7) is 4.00. The fourth-order valence-corrected chi connectivity index (χ4v) is 0.720. The highest BCUT2D eigenvalue weighted by Gasteiger charge is 1.74. The molecule has 0 saturated heterocycles. The van der Waals surface area contributed by atoms with E-state index in [1.54, 1.807) is 0 Å². The Hall–Kier alpha value is -0.560. The van der Waals surface area contributed by atoms with Crippen molar-refractivity contribution in [2.24, 2.45) is 0 Å². The van der Waals surface area contributed by atoms with Gasteiger partial charge in [0.1, 0.15) is 0 Å². The molecule has 0 aliphatic heterocycles. The lowest BCUT2D eigenvalue weighted by Gasteiger charge is -1.80. The molecule has 0 radical (unpaired) electrons. The number of rotatable bonds is 0. The molecule has 11 heavy (non-hydrogen) atoms. The predicted molar refractivity (Wildman–Crippen MR) is 54.6 cm³/mol. The van der Waals surface area contributed by atoms with Gasteiger partial charge >= 0.3 is 0 Å². The van der Waals surface area contributed by atoms with E-state index in [4.69, 9.17) is 0 Å². The Morgan fingerprint density at radius 2 is 1.45 bits per heavy atom. The second kappa shape index (κ2) is 7.55. The third-order valence-electron chi connectivity index (χ3n) is 1.07.